The molecule has 0 amide bonds. The number of rotatable bonds is 3. The molecular formula is C8H10HgO3S. The molecule has 1 aromatic carbocycles. The molecule has 1 rings (SSSR count). The first kappa shape index (κ1) is 11.1. The second-order valence-electron chi connectivity index (χ2n) is 2.63. The van der Waals surface area contributed by atoms with E-state index in [-0.39, 0.29) is 0 Å². The van der Waals surface area contributed by atoms with E-state index in [0.29, 0.717) is 4.90 Å². The molecule has 0 bridgehead atoms. The first-order valence-electron chi connectivity index (χ1n) is 4.03. The summed E-state index contributed by atoms with van der Waals surface area (Å²) in [7, 11) is -3.44. The summed E-state index contributed by atoms with van der Waals surface area (Å²) < 4.78 is 29.7. The predicted octanol–water partition coefficient (Wildman–Crippen LogP) is 1.75. The Kier molecular flexibility index (Phi) is 3.88. The molecule has 0 saturated heterocycles. The zero-order chi connectivity index (χ0) is 9.90. The maximum atomic E-state index is 11.5. The van der Waals surface area contributed by atoms with Gasteiger partial charge in [0.15, 0.2) is 0 Å². The van der Waals surface area contributed by atoms with Crippen molar-refractivity contribution in [2.45, 2.75) is 16.3 Å². The van der Waals surface area contributed by atoms with Crippen molar-refractivity contribution in [3.8, 4) is 0 Å². The van der Waals surface area contributed by atoms with E-state index in [9.17, 15) is 8.42 Å². The molecule has 1 aromatic rings. The molecule has 68 valence electrons. The predicted molar refractivity (Wildman–Crippen MR) is 45.3 cm³/mol. The Labute approximate surface area is 91.3 Å². The molecule has 0 aliphatic rings. The van der Waals surface area contributed by atoms with Crippen LogP contribution in [-0.2, 0) is 37.2 Å². The van der Waals surface area contributed by atoms with E-state index in [2.05, 4.69) is 0 Å². The fraction of sp³-hybridized carbons (Fsp3) is 0.250. The molecule has 0 aliphatic heterocycles. The van der Waals surface area contributed by atoms with Gasteiger partial charge < -0.3 is 0 Å². The summed E-state index contributed by atoms with van der Waals surface area (Å²) in [5.74, 6) is 0. The minimum atomic E-state index is -3.44. The summed E-state index contributed by atoms with van der Waals surface area (Å²) in [6, 6.07) is 6.86. The van der Waals surface area contributed by atoms with E-state index in [4.69, 9.17) is 2.09 Å². The molecule has 5 heteroatoms. The average molecular weight is 387 g/mol. The summed E-state index contributed by atoms with van der Waals surface area (Å²) >= 11 is -1.60. The van der Waals surface area contributed by atoms with Gasteiger partial charge in [-0.15, -0.1) is 0 Å². The molecule has 0 spiro atoms. The van der Waals surface area contributed by atoms with Crippen LogP contribution in [0.15, 0.2) is 29.2 Å². The van der Waals surface area contributed by atoms with Crippen molar-refractivity contribution in [1.29, 1.82) is 0 Å². The van der Waals surface area contributed by atoms with Gasteiger partial charge in [-0.1, -0.05) is 0 Å². The Balaban J connectivity index is 3.15. The zero-order valence-corrected chi connectivity index (χ0v) is 14.0. The fourth-order valence-electron chi connectivity index (χ4n) is 1.06. The zero-order valence-electron chi connectivity index (χ0n) is 7.65. The van der Waals surface area contributed by atoms with Crippen LogP contribution in [0.4, 0.5) is 0 Å². The van der Waals surface area contributed by atoms with Crippen LogP contribution in [0.5, 0.6) is 0 Å². The summed E-state index contributed by atoms with van der Waals surface area (Å²) in [5, 5.41) is 0. The first-order chi connectivity index (χ1) is 6.08. The SMILES string of the molecule is [CH3][Hg][O]S(=O)(=O)c1ccccc1C. The van der Waals surface area contributed by atoms with Crippen LogP contribution in [0.25, 0.3) is 0 Å². The normalized spacial score (nSPS) is 10.9. The monoisotopic (exact) mass is 388 g/mol. The van der Waals surface area contributed by atoms with E-state index in [1.165, 1.54) is 0 Å². The number of aryl methyl sites for hydroxylation is 1. The molecule has 0 aromatic heterocycles. The molecule has 3 nitrogen and oxygen atoms in total. The topological polar surface area (TPSA) is 43.4 Å². The van der Waals surface area contributed by atoms with Crippen LogP contribution in [0, 0.1) is 6.92 Å². The average Bonchev–Trinajstić information content (AvgIpc) is 2.04. The summed E-state index contributed by atoms with van der Waals surface area (Å²) in [6.45, 7) is 1.77. The Bertz CT molecular complexity index is 386. The standard InChI is InChI=1S/C7H8O3S.CH3.Hg/c1-6-4-2-3-5-7(6)11(8,9)10;;/h2-5H,1H3,(H,8,9,10);1H3;/q;;+1/p-1. The van der Waals surface area contributed by atoms with Crippen molar-refractivity contribution in [2.75, 3.05) is 0 Å². The van der Waals surface area contributed by atoms with E-state index < -0.39 is 35.1 Å². The summed E-state index contributed by atoms with van der Waals surface area (Å²) in [6.07, 6.45) is 0. The summed E-state index contributed by atoms with van der Waals surface area (Å²) in [4.78, 5) is 0.303. The van der Waals surface area contributed by atoms with Gasteiger partial charge >= 0.3 is 91.7 Å². The molecule has 0 atom stereocenters. The summed E-state index contributed by atoms with van der Waals surface area (Å²) in [5.41, 5.74) is 0.740. The van der Waals surface area contributed by atoms with Crippen molar-refractivity contribution in [3.05, 3.63) is 29.8 Å². The van der Waals surface area contributed by atoms with Gasteiger partial charge in [-0.2, -0.15) is 0 Å². The Morgan fingerprint density at radius 3 is 2.46 bits per heavy atom. The second-order valence-corrected chi connectivity index (χ2v) is 9.20. The van der Waals surface area contributed by atoms with E-state index >= 15 is 0 Å². The third-order valence-electron chi connectivity index (χ3n) is 1.64. The molecule has 0 N–H and O–H groups in total. The number of benzene rings is 1. The quantitative estimate of drug-likeness (QED) is 0.743. The van der Waals surface area contributed by atoms with Crippen molar-refractivity contribution >= 4 is 10.1 Å². The molecular weight excluding hydrogens is 377 g/mol. The molecule has 0 saturated carbocycles. The van der Waals surface area contributed by atoms with Gasteiger partial charge in [-0.05, 0) is 0 Å². The Hall–Kier alpha value is 0.0651. The van der Waals surface area contributed by atoms with Crippen LogP contribution in [0.1, 0.15) is 5.56 Å². The number of hydrogen-bond donors (Lipinski definition) is 0. The van der Waals surface area contributed by atoms with Crippen LogP contribution in [0.3, 0.4) is 0 Å². The van der Waals surface area contributed by atoms with Crippen molar-refractivity contribution < 1.29 is 35.5 Å². The van der Waals surface area contributed by atoms with Crippen LogP contribution in [-0.4, -0.2) is 8.42 Å². The number of hydrogen-bond acceptors (Lipinski definition) is 3. The Morgan fingerprint density at radius 2 is 1.92 bits per heavy atom. The van der Waals surface area contributed by atoms with Crippen molar-refractivity contribution in [3.63, 3.8) is 0 Å². The van der Waals surface area contributed by atoms with Crippen LogP contribution in [0.2, 0.25) is 4.43 Å². The molecule has 13 heavy (non-hydrogen) atoms. The van der Waals surface area contributed by atoms with Gasteiger partial charge in [0.1, 0.15) is 0 Å². The Morgan fingerprint density at radius 1 is 1.31 bits per heavy atom. The maximum absolute atomic E-state index is 11.5. The molecule has 0 radical (unpaired) electrons. The molecule has 0 fully saturated rings. The van der Waals surface area contributed by atoms with E-state index in [1.54, 1.807) is 25.1 Å². The third kappa shape index (κ3) is 2.75. The van der Waals surface area contributed by atoms with Gasteiger partial charge in [0, 0.05) is 0 Å². The minimum absolute atomic E-state index is 0.303. The van der Waals surface area contributed by atoms with E-state index in [0.717, 1.165) is 5.56 Å². The van der Waals surface area contributed by atoms with Crippen molar-refractivity contribution in [2.24, 2.45) is 0 Å². The van der Waals surface area contributed by atoms with E-state index in [1.807, 2.05) is 10.5 Å². The fourth-order valence-corrected chi connectivity index (χ4v) is 7.30. The van der Waals surface area contributed by atoms with Gasteiger partial charge in [0.25, 0.3) is 0 Å². The van der Waals surface area contributed by atoms with Gasteiger partial charge in [0.2, 0.25) is 0 Å². The van der Waals surface area contributed by atoms with Gasteiger partial charge in [-0.25, -0.2) is 0 Å². The molecule has 0 unspecified atom stereocenters. The second kappa shape index (κ2) is 4.53. The van der Waals surface area contributed by atoms with Crippen molar-refractivity contribution in [1.82, 2.24) is 0 Å². The van der Waals surface area contributed by atoms with Gasteiger partial charge in [0.05, 0.1) is 0 Å². The van der Waals surface area contributed by atoms with Crippen LogP contribution >= 0.6 is 0 Å². The molecule has 0 heterocycles. The van der Waals surface area contributed by atoms with Gasteiger partial charge in [-0.3, -0.25) is 0 Å². The molecule has 0 aliphatic carbocycles. The van der Waals surface area contributed by atoms with Crippen LogP contribution < -0.4 is 0 Å². The third-order valence-corrected chi connectivity index (χ3v) is 9.55. The first-order valence-corrected chi connectivity index (χ1v) is 13.2.